The van der Waals surface area contributed by atoms with Crippen molar-refractivity contribution >= 4 is 27.5 Å². The van der Waals surface area contributed by atoms with Gasteiger partial charge in [-0.05, 0) is 36.8 Å². The van der Waals surface area contributed by atoms with E-state index in [1.165, 1.54) is 6.07 Å². The Balaban J connectivity index is 2.00. The second-order valence-electron chi connectivity index (χ2n) is 4.39. The van der Waals surface area contributed by atoms with E-state index in [0.29, 0.717) is 12.1 Å². The first-order valence-corrected chi connectivity index (χ1v) is 7.16. The van der Waals surface area contributed by atoms with E-state index in [4.69, 9.17) is 11.6 Å². The van der Waals surface area contributed by atoms with Gasteiger partial charge in [0.2, 0.25) is 0 Å². The normalized spacial score (nSPS) is 12.4. The first-order chi connectivity index (χ1) is 9.06. The summed E-state index contributed by atoms with van der Waals surface area (Å²) in [5.41, 5.74) is 1.78. The molecule has 0 unspecified atom stereocenters. The zero-order valence-corrected chi connectivity index (χ0v) is 12.8. The summed E-state index contributed by atoms with van der Waals surface area (Å²) in [6.07, 6.45) is 0. The molecule has 2 aromatic rings. The molecule has 19 heavy (non-hydrogen) atoms. The first-order valence-electron chi connectivity index (χ1n) is 5.99. The highest BCUT2D eigenvalue weighted by Crippen LogP contribution is 2.18. The van der Waals surface area contributed by atoms with E-state index in [-0.39, 0.29) is 11.9 Å². The van der Waals surface area contributed by atoms with E-state index < -0.39 is 0 Å². The van der Waals surface area contributed by atoms with Crippen LogP contribution < -0.4 is 5.32 Å². The fourth-order valence-corrected chi connectivity index (χ4v) is 2.26. The van der Waals surface area contributed by atoms with Crippen molar-refractivity contribution in [1.29, 1.82) is 0 Å². The van der Waals surface area contributed by atoms with Gasteiger partial charge in [-0.25, -0.2) is 4.39 Å². The van der Waals surface area contributed by atoms with Crippen LogP contribution >= 0.6 is 27.5 Å². The van der Waals surface area contributed by atoms with Gasteiger partial charge in [0.25, 0.3) is 0 Å². The van der Waals surface area contributed by atoms with Gasteiger partial charge in [0, 0.05) is 27.6 Å². The SMILES string of the molecule is C[C@@H](NCc1ccc(Br)cc1F)c1ccc(Cl)cc1. The summed E-state index contributed by atoms with van der Waals surface area (Å²) in [5.74, 6) is -0.204. The van der Waals surface area contributed by atoms with E-state index in [1.54, 1.807) is 6.07 Å². The van der Waals surface area contributed by atoms with E-state index in [2.05, 4.69) is 21.2 Å². The van der Waals surface area contributed by atoms with Crippen LogP contribution in [0, 0.1) is 5.82 Å². The van der Waals surface area contributed by atoms with Crippen LogP contribution in [0.3, 0.4) is 0 Å². The van der Waals surface area contributed by atoms with Crippen molar-refractivity contribution in [3.63, 3.8) is 0 Å². The minimum atomic E-state index is -0.204. The Bertz CT molecular complexity index is 557. The molecule has 0 saturated heterocycles. The second kappa shape index (κ2) is 6.51. The molecule has 0 aliphatic rings. The average Bonchev–Trinajstić information content (AvgIpc) is 2.38. The van der Waals surface area contributed by atoms with Crippen molar-refractivity contribution in [3.8, 4) is 0 Å². The number of halogens is 3. The molecule has 0 saturated carbocycles. The summed E-state index contributed by atoms with van der Waals surface area (Å²) < 4.78 is 14.4. The number of nitrogens with one attached hydrogen (secondary N) is 1. The second-order valence-corrected chi connectivity index (χ2v) is 5.74. The highest BCUT2D eigenvalue weighted by molar-refractivity contribution is 9.10. The molecular weight excluding hydrogens is 329 g/mol. The van der Waals surface area contributed by atoms with Crippen molar-refractivity contribution in [1.82, 2.24) is 5.32 Å². The fraction of sp³-hybridized carbons (Fsp3) is 0.200. The predicted molar refractivity (Wildman–Crippen MR) is 80.8 cm³/mol. The van der Waals surface area contributed by atoms with Crippen molar-refractivity contribution in [3.05, 3.63) is 68.9 Å². The molecule has 0 fully saturated rings. The maximum atomic E-state index is 13.7. The van der Waals surface area contributed by atoms with E-state index in [1.807, 2.05) is 37.3 Å². The van der Waals surface area contributed by atoms with Crippen molar-refractivity contribution < 1.29 is 4.39 Å². The van der Waals surface area contributed by atoms with Crippen LogP contribution in [0.25, 0.3) is 0 Å². The molecule has 100 valence electrons. The summed E-state index contributed by atoms with van der Waals surface area (Å²) >= 11 is 9.10. The molecule has 1 atom stereocenters. The van der Waals surface area contributed by atoms with Crippen LogP contribution in [0.1, 0.15) is 24.1 Å². The maximum Gasteiger partial charge on any atom is 0.128 e. The highest BCUT2D eigenvalue weighted by Gasteiger charge is 2.07. The lowest BCUT2D eigenvalue weighted by Gasteiger charge is -2.15. The van der Waals surface area contributed by atoms with Gasteiger partial charge in [-0.2, -0.15) is 0 Å². The molecule has 0 radical (unpaired) electrons. The minimum absolute atomic E-state index is 0.139. The molecule has 1 N–H and O–H groups in total. The summed E-state index contributed by atoms with van der Waals surface area (Å²) in [6, 6.07) is 12.9. The van der Waals surface area contributed by atoms with Crippen LogP contribution in [-0.2, 0) is 6.54 Å². The van der Waals surface area contributed by atoms with E-state index in [9.17, 15) is 4.39 Å². The lowest BCUT2D eigenvalue weighted by atomic mass is 10.1. The van der Waals surface area contributed by atoms with Crippen LogP contribution in [0.4, 0.5) is 4.39 Å². The number of benzene rings is 2. The van der Waals surface area contributed by atoms with Crippen LogP contribution in [-0.4, -0.2) is 0 Å². The molecule has 2 aromatic carbocycles. The summed E-state index contributed by atoms with van der Waals surface area (Å²) in [6.45, 7) is 2.53. The highest BCUT2D eigenvalue weighted by atomic mass is 79.9. The van der Waals surface area contributed by atoms with Crippen LogP contribution in [0.5, 0.6) is 0 Å². The fourth-order valence-electron chi connectivity index (χ4n) is 1.80. The monoisotopic (exact) mass is 341 g/mol. The molecular formula is C15H14BrClFN. The van der Waals surface area contributed by atoms with Gasteiger partial charge >= 0.3 is 0 Å². The molecule has 0 bridgehead atoms. The van der Waals surface area contributed by atoms with E-state index in [0.717, 1.165) is 15.1 Å². The predicted octanol–water partition coefficient (Wildman–Crippen LogP) is 5.09. The van der Waals surface area contributed by atoms with Gasteiger partial charge in [0.1, 0.15) is 5.82 Å². The molecule has 4 heteroatoms. The van der Waals surface area contributed by atoms with Gasteiger partial charge in [0.15, 0.2) is 0 Å². The Labute approximate surface area is 125 Å². The molecule has 0 aromatic heterocycles. The molecule has 0 heterocycles. The number of hydrogen-bond acceptors (Lipinski definition) is 1. The number of hydrogen-bond donors (Lipinski definition) is 1. The first kappa shape index (κ1) is 14.5. The largest absolute Gasteiger partial charge is 0.306 e. The zero-order chi connectivity index (χ0) is 13.8. The smallest absolute Gasteiger partial charge is 0.128 e. The topological polar surface area (TPSA) is 12.0 Å². The van der Waals surface area contributed by atoms with Crippen molar-refractivity contribution in [2.75, 3.05) is 0 Å². The summed E-state index contributed by atoms with van der Waals surface area (Å²) in [4.78, 5) is 0. The van der Waals surface area contributed by atoms with Crippen LogP contribution in [0.2, 0.25) is 5.02 Å². The third-order valence-corrected chi connectivity index (χ3v) is 3.73. The van der Waals surface area contributed by atoms with Gasteiger partial charge in [-0.15, -0.1) is 0 Å². The Morgan fingerprint density at radius 1 is 1.21 bits per heavy atom. The Hall–Kier alpha value is -0.900. The zero-order valence-electron chi connectivity index (χ0n) is 10.5. The van der Waals surface area contributed by atoms with E-state index >= 15 is 0 Å². The molecule has 0 spiro atoms. The Morgan fingerprint density at radius 3 is 2.53 bits per heavy atom. The van der Waals surface area contributed by atoms with Gasteiger partial charge in [-0.1, -0.05) is 45.7 Å². The quantitative estimate of drug-likeness (QED) is 0.816. The molecule has 0 aliphatic carbocycles. The molecule has 0 amide bonds. The molecule has 2 rings (SSSR count). The molecule has 0 aliphatic heterocycles. The van der Waals surface area contributed by atoms with Crippen molar-refractivity contribution in [2.45, 2.75) is 19.5 Å². The lowest BCUT2D eigenvalue weighted by molar-refractivity contribution is 0.544. The average molecular weight is 343 g/mol. The Kier molecular flexibility index (Phi) is 4.97. The maximum absolute atomic E-state index is 13.7. The lowest BCUT2D eigenvalue weighted by Crippen LogP contribution is -2.18. The van der Waals surface area contributed by atoms with Crippen molar-refractivity contribution in [2.24, 2.45) is 0 Å². The van der Waals surface area contributed by atoms with Gasteiger partial charge in [0.05, 0.1) is 0 Å². The third kappa shape index (κ3) is 4.03. The van der Waals surface area contributed by atoms with Crippen LogP contribution in [0.15, 0.2) is 46.9 Å². The Morgan fingerprint density at radius 2 is 1.89 bits per heavy atom. The number of rotatable bonds is 4. The summed E-state index contributed by atoms with van der Waals surface area (Å²) in [7, 11) is 0. The third-order valence-electron chi connectivity index (χ3n) is 2.98. The van der Waals surface area contributed by atoms with Gasteiger partial charge < -0.3 is 5.32 Å². The van der Waals surface area contributed by atoms with Gasteiger partial charge in [-0.3, -0.25) is 0 Å². The minimum Gasteiger partial charge on any atom is -0.306 e. The standard InChI is InChI=1S/C15H14BrClFN/c1-10(11-3-6-14(17)7-4-11)19-9-12-2-5-13(16)8-15(12)18/h2-8,10,19H,9H2,1H3/t10-/m1/s1. The summed E-state index contributed by atoms with van der Waals surface area (Å²) in [5, 5.41) is 4.01. The molecule has 1 nitrogen and oxygen atoms in total.